The van der Waals surface area contributed by atoms with Gasteiger partial charge in [0.2, 0.25) is 0 Å². The molecule has 0 aliphatic heterocycles. The zero-order chi connectivity index (χ0) is 14.8. The Morgan fingerprint density at radius 3 is 2.35 bits per heavy atom. The first-order chi connectivity index (χ1) is 9.62. The van der Waals surface area contributed by atoms with E-state index < -0.39 is 0 Å². The van der Waals surface area contributed by atoms with Crippen molar-refractivity contribution in [1.29, 1.82) is 0 Å². The minimum absolute atomic E-state index is 0.0686. The Bertz CT molecular complexity index is 386. The Morgan fingerprint density at radius 1 is 1.10 bits per heavy atom. The molecule has 1 unspecified atom stereocenters. The standard InChI is InChI=1S/C18H28O2/c1-4-6-13-18(3,16-11-9-8-10-12-16)15-17(19)20-14-7-5-2/h8-12H,4-7,13-15H2,1-3H3. The summed E-state index contributed by atoms with van der Waals surface area (Å²) >= 11 is 0. The molecule has 1 atom stereocenters. The maximum Gasteiger partial charge on any atom is 0.306 e. The molecule has 20 heavy (non-hydrogen) atoms. The van der Waals surface area contributed by atoms with Gasteiger partial charge in [0.15, 0.2) is 0 Å². The van der Waals surface area contributed by atoms with Crippen LogP contribution < -0.4 is 0 Å². The van der Waals surface area contributed by atoms with Crippen LogP contribution in [0.4, 0.5) is 0 Å². The third-order valence-electron chi connectivity index (χ3n) is 3.85. The van der Waals surface area contributed by atoms with Crippen LogP contribution in [0.15, 0.2) is 30.3 Å². The maximum atomic E-state index is 12.0. The fraction of sp³-hybridized carbons (Fsp3) is 0.611. The molecule has 0 radical (unpaired) electrons. The lowest BCUT2D eigenvalue weighted by Crippen LogP contribution is -2.27. The van der Waals surface area contributed by atoms with Crippen LogP contribution in [0.25, 0.3) is 0 Å². The predicted octanol–water partition coefficient (Wildman–Crippen LogP) is 4.87. The summed E-state index contributed by atoms with van der Waals surface area (Å²) in [5, 5.41) is 0. The largest absolute Gasteiger partial charge is 0.466 e. The van der Waals surface area contributed by atoms with Crippen LogP contribution in [0, 0.1) is 0 Å². The van der Waals surface area contributed by atoms with Gasteiger partial charge in [0.1, 0.15) is 0 Å². The molecule has 0 spiro atoms. The second-order valence-electron chi connectivity index (χ2n) is 5.78. The lowest BCUT2D eigenvalue weighted by atomic mass is 9.75. The summed E-state index contributed by atoms with van der Waals surface area (Å²) in [7, 11) is 0. The highest BCUT2D eigenvalue weighted by molar-refractivity contribution is 5.71. The Balaban J connectivity index is 2.71. The van der Waals surface area contributed by atoms with E-state index in [0.29, 0.717) is 13.0 Å². The van der Waals surface area contributed by atoms with E-state index in [-0.39, 0.29) is 11.4 Å². The lowest BCUT2D eigenvalue weighted by molar-refractivity contribution is -0.145. The van der Waals surface area contributed by atoms with Gasteiger partial charge in [-0.05, 0) is 18.4 Å². The molecule has 1 aromatic carbocycles. The molecular formula is C18H28O2. The van der Waals surface area contributed by atoms with Gasteiger partial charge in [-0.1, -0.05) is 70.4 Å². The van der Waals surface area contributed by atoms with Gasteiger partial charge in [-0.15, -0.1) is 0 Å². The molecule has 0 fully saturated rings. The van der Waals surface area contributed by atoms with Crippen LogP contribution >= 0.6 is 0 Å². The van der Waals surface area contributed by atoms with Gasteiger partial charge in [-0.2, -0.15) is 0 Å². The summed E-state index contributed by atoms with van der Waals surface area (Å²) < 4.78 is 5.34. The minimum Gasteiger partial charge on any atom is -0.466 e. The molecule has 0 N–H and O–H groups in total. The Morgan fingerprint density at radius 2 is 1.75 bits per heavy atom. The van der Waals surface area contributed by atoms with Gasteiger partial charge in [0, 0.05) is 5.41 Å². The first-order valence-corrected chi connectivity index (χ1v) is 7.83. The monoisotopic (exact) mass is 276 g/mol. The summed E-state index contributed by atoms with van der Waals surface area (Å²) in [5.74, 6) is -0.0686. The highest BCUT2D eigenvalue weighted by Gasteiger charge is 2.29. The van der Waals surface area contributed by atoms with Crippen molar-refractivity contribution in [3.05, 3.63) is 35.9 Å². The van der Waals surface area contributed by atoms with E-state index in [0.717, 1.165) is 32.1 Å². The van der Waals surface area contributed by atoms with Crippen molar-refractivity contribution in [2.45, 2.75) is 64.7 Å². The Hall–Kier alpha value is -1.31. The summed E-state index contributed by atoms with van der Waals surface area (Å²) in [4.78, 5) is 12.0. The van der Waals surface area contributed by atoms with Crippen molar-refractivity contribution < 1.29 is 9.53 Å². The van der Waals surface area contributed by atoms with E-state index in [1.165, 1.54) is 5.56 Å². The highest BCUT2D eigenvalue weighted by Crippen LogP contribution is 2.33. The van der Waals surface area contributed by atoms with Crippen molar-refractivity contribution in [2.24, 2.45) is 0 Å². The van der Waals surface area contributed by atoms with Crippen molar-refractivity contribution in [2.75, 3.05) is 6.61 Å². The van der Waals surface area contributed by atoms with Crippen molar-refractivity contribution in [3.8, 4) is 0 Å². The zero-order valence-corrected chi connectivity index (χ0v) is 13.2. The van der Waals surface area contributed by atoms with E-state index >= 15 is 0 Å². The maximum absolute atomic E-state index is 12.0. The molecule has 0 saturated heterocycles. The van der Waals surface area contributed by atoms with E-state index in [4.69, 9.17) is 4.74 Å². The average Bonchev–Trinajstić information content (AvgIpc) is 2.46. The molecular weight excluding hydrogens is 248 g/mol. The van der Waals surface area contributed by atoms with Crippen LogP contribution in [0.2, 0.25) is 0 Å². The quantitative estimate of drug-likeness (QED) is 0.475. The fourth-order valence-electron chi connectivity index (χ4n) is 2.44. The molecule has 0 aliphatic carbocycles. The molecule has 0 aliphatic rings. The molecule has 112 valence electrons. The number of rotatable bonds is 9. The van der Waals surface area contributed by atoms with Crippen molar-refractivity contribution in [1.82, 2.24) is 0 Å². The van der Waals surface area contributed by atoms with E-state index in [2.05, 4.69) is 32.9 Å². The molecule has 0 saturated carbocycles. The lowest BCUT2D eigenvalue weighted by Gasteiger charge is -2.29. The third kappa shape index (κ3) is 5.36. The highest BCUT2D eigenvalue weighted by atomic mass is 16.5. The number of hydrogen-bond donors (Lipinski definition) is 0. The molecule has 0 amide bonds. The zero-order valence-electron chi connectivity index (χ0n) is 13.2. The molecule has 1 rings (SSSR count). The minimum atomic E-state index is -0.111. The summed E-state index contributed by atoms with van der Waals surface area (Å²) in [6.45, 7) is 7.02. The van der Waals surface area contributed by atoms with E-state index in [1.54, 1.807) is 0 Å². The number of ether oxygens (including phenoxy) is 1. The topological polar surface area (TPSA) is 26.3 Å². The smallest absolute Gasteiger partial charge is 0.306 e. The summed E-state index contributed by atoms with van der Waals surface area (Å²) in [6.07, 6.45) is 5.78. The van der Waals surface area contributed by atoms with Crippen molar-refractivity contribution >= 4 is 5.97 Å². The van der Waals surface area contributed by atoms with E-state index in [9.17, 15) is 4.79 Å². The molecule has 0 aromatic heterocycles. The van der Waals surface area contributed by atoms with Crippen LogP contribution in [0.3, 0.4) is 0 Å². The Labute approximate surface area is 123 Å². The number of benzene rings is 1. The van der Waals surface area contributed by atoms with E-state index in [1.807, 2.05) is 18.2 Å². The first-order valence-electron chi connectivity index (χ1n) is 7.83. The normalized spacial score (nSPS) is 13.8. The van der Waals surface area contributed by atoms with Gasteiger partial charge in [0.05, 0.1) is 13.0 Å². The first kappa shape index (κ1) is 16.7. The molecule has 0 heterocycles. The predicted molar refractivity (Wildman–Crippen MR) is 83.8 cm³/mol. The van der Waals surface area contributed by atoms with Crippen LogP contribution in [-0.4, -0.2) is 12.6 Å². The fourth-order valence-corrected chi connectivity index (χ4v) is 2.44. The van der Waals surface area contributed by atoms with Gasteiger partial charge in [-0.25, -0.2) is 0 Å². The van der Waals surface area contributed by atoms with Gasteiger partial charge >= 0.3 is 5.97 Å². The third-order valence-corrected chi connectivity index (χ3v) is 3.85. The van der Waals surface area contributed by atoms with Gasteiger partial charge in [0.25, 0.3) is 0 Å². The summed E-state index contributed by atoms with van der Waals surface area (Å²) in [6, 6.07) is 10.3. The summed E-state index contributed by atoms with van der Waals surface area (Å²) in [5.41, 5.74) is 1.13. The molecule has 2 heteroatoms. The van der Waals surface area contributed by atoms with Crippen LogP contribution in [0.5, 0.6) is 0 Å². The average molecular weight is 276 g/mol. The van der Waals surface area contributed by atoms with Gasteiger partial charge < -0.3 is 4.74 Å². The van der Waals surface area contributed by atoms with Crippen LogP contribution in [-0.2, 0) is 14.9 Å². The molecule has 2 nitrogen and oxygen atoms in total. The molecule has 1 aromatic rings. The number of carbonyl (C=O) groups excluding carboxylic acids is 1. The number of unbranched alkanes of at least 4 members (excludes halogenated alkanes) is 2. The van der Waals surface area contributed by atoms with Crippen molar-refractivity contribution in [3.63, 3.8) is 0 Å². The molecule has 0 bridgehead atoms. The number of hydrogen-bond acceptors (Lipinski definition) is 2. The number of esters is 1. The van der Waals surface area contributed by atoms with Gasteiger partial charge in [-0.3, -0.25) is 4.79 Å². The SMILES string of the molecule is CCCCOC(=O)CC(C)(CCCC)c1ccccc1. The van der Waals surface area contributed by atoms with Crippen LogP contribution in [0.1, 0.15) is 64.9 Å². The second kappa shape index (κ2) is 8.78. The number of carbonyl (C=O) groups is 1. The second-order valence-corrected chi connectivity index (χ2v) is 5.78. The Kier molecular flexibility index (Phi) is 7.35.